The zero-order valence-electron chi connectivity index (χ0n) is 39.7. The summed E-state index contributed by atoms with van der Waals surface area (Å²) in [6.45, 7) is -2.80. The number of hydrogen-bond donors (Lipinski definition) is 17. The van der Waals surface area contributed by atoms with Gasteiger partial charge in [0.2, 0.25) is 5.91 Å². The molecular weight excluding hydrogens is 968 g/mol. The second-order valence-electron chi connectivity index (χ2n) is 17.2. The average Bonchev–Trinajstić information content (AvgIpc) is 3.37. The molecule has 3 aromatic rings. The molecule has 402 valence electrons. The van der Waals surface area contributed by atoms with Crippen LogP contribution in [0.1, 0.15) is 66.6 Å². The van der Waals surface area contributed by atoms with E-state index in [1.165, 1.54) is 0 Å². The molecule has 0 saturated carbocycles. The number of aromatic nitrogens is 2. The number of guanidine groups is 1. The maximum absolute atomic E-state index is 13.9. The quantitative estimate of drug-likeness (QED) is 0.0124. The molecule has 0 aliphatic carbocycles. The number of carbonyl (C=O) groups is 3. The van der Waals surface area contributed by atoms with Crippen molar-refractivity contribution >= 4 is 47.0 Å². The Bertz CT molecular complexity index is 2170. The molecule has 0 fully saturated rings. The number of nitrogen functional groups attached to an aromatic ring is 2. The van der Waals surface area contributed by atoms with Crippen LogP contribution in [0.4, 0.5) is 11.6 Å². The summed E-state index contributed by atoms with van der Waals surface area (Å²) < 4.78 is 0. The zero-order valence-corrected chi connectivity index (χ0v) is 40.5. The minimum absolute atomic E-state index is 0.0467. The molecule has 26 heteroatoms. The molecule has 0 unspecified atom stereocenters. The number of amides is 2. The van der Waals surface area contributed by atoms with Gasteiger partial charge < -0.3 is 89.1 Å². The normalized spacial score (nSPS) is 16.2. The van der Waals surface area contributed by atoms with Crippen molar-refractivity contribution in [1.82, 2.24) is 25.1 Å². The van der Waals surface area contributed by atoms with Crippen molar-refractivity contribution < 1.29 is 75.7 Å². The van der Waals surface area contributed by atoms with E-state index in [4.69, 9.17) is 34.5 Å². The molecular formula is C46H71ClN10O15. The Labute approximate surface area is 421 Å². The molecule has 0 aliphatic rings. The number of nitrogens with zero attached hydrogens (tertiary/aromatic N) is 5. The van der Waals surface area contributed by atoms with Crippen LogP contribution >= 0.6 is 11.6 Å². The molecule has 0 saturated heterocycles. The lowest BCUT2D eigenvalue weighted by atomic mass is 9.99. The van der Waals surface area contributed by atoms with Gasteiger partial charge in [-0.15, -0.1) is 0 Å². The molecule has 2 amide bonds. The minimum atomic E-state index is -2.29. The highest BCUT2D eigenvalue weighted by molar-refractivity contribution is 6.31. The van der Waals surface area contributed by atoms with E-state index >= 15 is 0 Å². The van der Waals surface area contributed by atoms with Gasteiger partial charge in [-0.25, -0.2) is 14.8 Å². The molecule has 2 aromatic carbocycles. The summed E-state index contributed by atoms with van der Waals surface area (Å²) in [4.78, 5) is 52.8. The second-order valence-corrected chi connectivity index (χ2v) is 17.6. The predicted octanol–water partition coefficient (Wildman–Crippen LogP) is -3.75. The van der Waals surface area contributed by atoms with E-state index in [1.54, 1.807) is 0 Å². The van der Waals surface area contributed by atoms with Gasteiger partial charge >= 0.3 is 5.97 Å². The van der Waals surface area contributed by atoms with Crippen LogP contribution in [0.15, 0.2) is 53.5 Å². The van der Waals surface area contributed by atoms with Gasteiger partial charge in [-0.3, -0.25) is 24.8 Å². The van der Waals surface area contributed by atoms with Crippen LogP contribution in [0.5, 0.6) is 0 Å². The topological polar surface area (TPSA) is 455 Å². The van der Waals surface area contributed by atoms with Crippen LogP contribution in [-0.2, 0) is 22.4 Å². The summed E-state index contributed by atoms with van der Waals surface area (Å²) >= 11 is 5.84. The number of unbranched alkanes of at least 4 members (excludes halogenated alkanes) is 2. The fourth-order valence-electron chi connectivity index (χ4n) is 7.55. The van der Waals surface area contributed by atoms with Crippen LogP contribution in [0.25, 0.3) is 11.1 Å². The molecule has 1 aromatic heterocycles. The second kappa shape index (κ2) is 30.7. The molecule has 1 heterocycles. The van der Waals surface area contributed by atoms with Crippen molar-refractivity contribution in [3.8, 4) is 11.1 Å². The van der Waals surface area contributed by atoms with Crippen molar-refractivity contribution in [2.45, 2.75) is 119 Å². The number of carboxylic acid groups (broad SMARTS) is 1. The number of aryl methyl sites for hydroxylation is 2. The Kier molecular flexibility index (Phi) is 26.1. The lowest BCUT2D eigenvalue weighted by Gasteiger charge is -2.37. The Morgan fingerprint density at radius 3 is 1.79 bits per heavy atom. The molecule has 0 aliphatic heterocycles. The minimum Gasteiger partial charge on any atom is -0.480 e. The number of aliphatic hydroxyl groups excluding tert-OH is 11. The van der Waals surface area contributed by atoms with Crippen LogP contribution in [0.3, 0.4) is 0 Å². The van der Waals surface area contributed by atoms with Gasteiger partial charge in [0.25, 0.3) is 5.91 Å². The van der Waals surface area contributed by atoms with Crippen molar-refractivity contribution in [3.05, 3.63) is 70.5 Å². The highest BCUT2D eigenvalue weighted by Crippen LogP contribution is 2.23. The summed E-state index contributed by atoms with van der Waals surface area (Å²) in [6.07, 6.45) is -15.8. The highest BCUT2D eigenvalue weighted by atomic mass is 35.5. The maximum Gasteiger partial charge on any atom is 0.326 e. The fourth-order valence-corrected chi connectivity index (χ4v) is 7.68. The monoisotopic (exact) mass is 1040 g/mol. The number of hydrogen-bond acceptors (Lipinski definition) is 21. The first-order chi connectivity index (χ1) is 34.1. The van der Waals surface area contributed by atoms with Gasteiger partial charge in [-0.05, 0) is 80.2 Å². The number of carbonyl (C=O) groups excluding carboxylic acids is 2. The van der Waals surface area contributed by atoms with E-state index in [1.807, 2.05) is 48.5 Å². The smallest absolute Gasteiger partial charge is 0.326 e. The van der Waals surface area contributed by atoms with Crippen molar-refractivity contribution in [1.29, 1.82) is 0 Å². The van der Waals surface area contributed by atoms with Crippen LogP contribution in [-0.4, -0.2) is 212 Å². The van der Waals surface area contributed by atoms with Crippen molar-refractivity contribution in [2.75, 3.05) is 57.4 Å². The van der Waals surface area contributed by atoms with Crippen LogP contribution in [0, 0.1) is 0 Å². The SMILES string of the molecule is NCCCC[C@H](C(=O)O)N(CCCN(C[C@H](O)[C@@H](O)[C@H](O)[C@H](O)CO)[C@H](O)[C@H](O)[C@H](O)[C@H](O)[C@H](O)CO)C(=O)CCc1ccc(-c2ccc(CCCCN=C(N)NC(=O)c3nc(Cl)c(N)nc3N)cc2)cc1. The van der Waals surface area contributed by atoms with Gasteiger partial charge in [0.05, 0.1) is 19.3 Å². The van der Waals surface area contributed by atoms with E-state index in [2.05, 4.69) is 20.3 Å². The number of benzene rings is 2. The summed E-state index contributed by atoms with van der Waals surface area (Å²) in [5, 5.41) is 124. The number of aliphatic imine (C=N–C) groups is 1. The number of rotatable bonds is 32. The van der Waals surface area contributed by atoms with Crippen LogP contribution < -0.4 is 28.3 Å². The van der Waals surface area contributed by atoms with Gasteiger partial charge in [0, 0.05) is 32.6 Å². The summed E-state index contributed by atoms with van der Waals surface area (Å²) in [6, 6.07) is 14.2. The van der Waals surface area contributed by atoms with E-state index in [9.17, 15) is 75.7 Å². The Hall–Kier alpha value is -5.23. The first-order valence-corrected chi connectivity index (χ1v) is 23.7. The Morgan fingerprint density at radius 1 is 0.681 bits per heavy atom. The highest BCUT2D eigenvalue weighted by Gasteiger charge is 2.39. The van der Waals surface area contributed by atoms with Gasteiger partial charge in [0.15, 0.2) is 28.4 Å². The number of nitrogens with one attached hydrogen (secondary N) is 1. The number of nitrogens with two attached hydrogens (primary N) is 4. The molecule has 0 spiro atoms. The standard InChI is InChI=1S/C46H71ClN10O15/c47-40-42(50)54-41(49)34(53-40)43(69)55-46(51)52-19-4-2-6-25-8-13-27(14-9-25)28-15-10-26(11-16-28)12-17-33(63)57(29(45(71)72)7-1-3-18-48)21-5-20-56(22-30(60)35(64)36(65)31(61)23-58)44(70)39(68)38(67)37(66)32(62)24-59/h8-11,13-16,29-32,35-39,44,58-62,64-68,70H,1-7,12,17-24,48H2,(H,71,72)(H4,49,50,54)(H3,51,52,55,69)/t29-,30+,31-,32-,35-,36-,37-,38-,39-,44-/m1/s1. The number of aliphatic carboxylic acids is 1. The van der Waals surface area contributed by atoms with Crippen LogP contribution in [0.2, 0.25) is 5.15 Å². The fraction of sp³-hybridized carbons (Fsp3) is 0.565. The third kappa shape index (κ3) is 18.7. The third-order valence-electron chi connectivity index (χ3n) is 11.9. The van der Waals surface area contributed by atoms with Gasteiger partial charge in [-0.2, -0.15) is 0 Å². The van der Waals surface area contributed by atoms with Crippen molar-refractivity contribution in [3.63, 3.8) is 0 Å². The van der Waals surface area contributed by atoms with E-state index in [0.29, 0.717) is 25.8 Å². The van der Waals surface area contributed by atoms with Gasteiger partial charge in [0.1, 0.15) is 55.0 Å². The summed E-state index contributed by atoms with van der Waals surface area (Å²) in [5.74, 6) is -2.99. The molecule has 0 radical (unpaired) electrons. The number of anilines is 2. The zero-order chi connectivity index (χ0) is 53.7. The largest absolute Gasteiger partial charge is 0.480 e. The average molecular weight is 1040 g/mol. The predicted molar refractivity (Wildman–Crippen MR) is 263 cm³/mol. The maximum atomic E-state index is 13.9. The lowest BCUT2D eigenvalue weighted by molar-refractivity contribution is -0.180. The summed E-state index contributed by atoms with van der Waals surface area (Å²) in [5.41, 5.74) is 26.2. The first-order valence-electron chi connectivity index (χ1n) is 23.3. The number of aliphatic hydroxyl groups is 11. The molecule has 25 nitrogen and oxygen atoms in total. The van der Waals surface area contributed by atoms with Gasteiger partial charge in [-0.1, -0.05) is 60.1 Å². The Morgan fingerprint density at radius 2 is 1.24 bits per heavy atom. The van der Waals surface area contributed by atoms with E-state index < -0.39 is 98.6 Å². The molecule has 3 rings (SSSR count). The molecule has 0 bridgehead atoms. The Balaban J connectivity index is 1.66. The first kappa shape index (κ1) is 61.1. The lowest BCUT2D eigenvalue weighted by Crippen LogP contribution is -2.58. The number of carboxylic acids is 1. The van der Waals surface area contributed by atoms with Crippen molar-refractivity contribution in [2.24, 2.45) is 16.5 Å². The molecule has 10 atom stereocenters. The van der Waals surface area contributed by atoms with E-state index in [-0.39, 0.29) is 73.8 Å². The van der Waals surface area contributed by atoms with E-state index in [0.717, 1.165) is 44.9 Å². The molecule has 21 N–H and O–H groups in total. The third-order valence-corrected chi connectivity index (χ3v) is 12.1. The number of halogens is 1. The summed E-state index contributed by atoms with van der Waals surface area (Å²) in [7, 11) is 0. The molecule has 72 heavy (non-hydrogen) atoms.